The van der Waals surface area contributed by atoms with E-state index in [-0.39, 0.29) is 12.2 Å². The van der Waals surface area contributed by atoms with Gasteiger partial charge in [0.1, 0.15) is 24.0 Å². The maximum atomic E-state index is 6.36. The first-order valence-corrected chi connectivity index (χ1v) is 11.1. The molecule has 5 rings (SSSR count). The van der Waals surface area contributed by atoms with Gasteiger partial charge < -0.3 is 20.5 Å². The van der Waals surface area contributed by atoms with E-state index in [1.165, 1.54) is 12.5 Å². The predicted molar refractivity (Wildman–Crippen MR) is 129 cm³/mol. The van der Waals surface area contributed by atoms with Gasteiger partial charge in [-0.2, -0.15) is 0 Å². The third kappa shape index (κ3) is 3.76. The summed E-state index contributed by atoms with van der Waals surface area (Å²) in [4.78, 5) is 17.5. The number of ether oxygens (including phenoxy) is 2. The Morgan fingerprint density at radius 2 is 2.16 bits per heavy atom. The molecule has 1 aliphatic heterocycles. The quantitative estimate of drug-likeness (QED) is 0.428. The Morgan fingerprint density at radius 3 is 2.91 bits per heavy atom. The minimum atomic E-state index is -0.0415. The lowest BCUT2D eigenvalue weighted by atomic mass is 10.0. The molecule has 1 fully saturated rings. The van der Waals surface area contributed by atoms with E-state index in [4.69, 9.17) is 15.2 Å². The van der Waals surface area contributed by atoms with Crippen molar-refractivity contribution in [1.82, 2.24) is 15.0 Å². The van der Waals surface area contributed by atoms with E-state index in [0.29, 0.717) is 18.2 Å². The van der Waals surface area contributed by atoms with Crippen LogP contribution >= 0.6 is 11.3 Å². The van der Waals surface area contributed by atoms with Gasteiger partial charge >= 0.3 is 0 Å². The molecular weight excluding hydrogens is 424 g/mol. The summed E-state index contributed by atoms with van der Waals surface area (Å²) in [6.45, 7) is 2.54. The summed E-state index contributed by atoms with van der Waals surface area (Å²) in [6, 6.07) is 9.95. The third-order valence-electron chi connectivity index (χ3n) is 5.40. The number of hydrogen-bond acceptors (Lipinski definition) is 9. The zero-order chi connectivity index (χ0) is 22.1. The minimum absolute atomic E-state index is 0.0187. The Morgan fingerprint density at radius 1 is 1.25 bits per heavy atom. The topological polar surface area (TPSA) is 108 Å². The highest BCUT2D eigenvalue weighted by molar-refractivity contribution is 7.16. The molecule has 162 valence electrons. The molecular formula is C23H22N6O2S. The van der Waals surface area contributed by atoms with Crippen LogP contribution in [0, 0.1) is 0 Å². The number of rotatable bonds is 6. The monoisotopic (exact) mass is 446 g/mol. The highest BCUT2D eigenvalue weighted by Gasteiger charge is 2.31. The van der Waals surface area contributed by atoms with Crippen LogP contribution in [0.4, 0.5) is 11.5 Å². The Labute approximate surface area is 188 Å². The maximum absolute atomic E-state index is 6.36. The lowest BCUT2D eigenvalue weighted by molar-refractivity contribution is -0.139. The van der Waals surface area contributed by atoms with E-state index >= 15 is 0 Å². The summed E-state index contributed by atoms with van der Waals surface area (Å²) >= 11 is 1.60. The first kappa shape index (κ1) is 20.3. The number of nitrogens with one attached hydrogen (secondary N) is 1. The molecule has 0 spiro atoms. The normalized spacial score (nSPS) is 18.9. The molecule has 0 amide bonds. The van der Waals surface area contributed by atoms with Gasteiger partial charge in [0.2, 0.25) is 0 Å². The number of nitrogens with two attached hydrogens (primary N) is 1. The number of nitrogens with zero attached hydrogens (tertiary/aromatic N) is 4. The van der Waals surface area contributed by atoms with E-state index in [2.05, 4.69) is 31.3 Å². The summed E-state index contributed by atoms with van der Waals surface area (Å²) < 4.78 is 13.0. The van der Waals surface area contributed by atoms with Gasteiger partial charge in [-0.15, -0.1) is 11.3 Å². The summed E-state index contributed by atoms with van der Waals surface area (Å²) in [5, 5.41) is 4.22. The summed E-state index contributed by atoms with van der Waals surface area (Å²) in [7, 11) is 1.71. The molecule has 4 aromatic rings. The Kier molecular flexibility index (Phi) is 5.42. The predicted octanol–water partition coefficient (Wildman–Crippen LogP) is 4.15. The third-order valence-corrected chi connectivity index (χ3v) is 6.19. The van der Waals surface area contributed by atoms with E-state index in [9.17, 15) is 0 Å². The van der Waals surface area contributed by atoms with Gasteiger partial charge in [-0.3, -0.25) is 4.99 Å². The first-order chi connectivity index (χ1) is 15.7. The maximum Gasteiger partial charge on any atom is 0.148 e. The second kappa shape index (κ2) is 8.52. The Bertz CT molecular complexity index is 1350. The fourth-order valence-electron chi connectivity index (χ4n) is 3.59. The number of aromatic nitrogens is 3. The van der Waals surface area contributed by atoms with Crippen LogP contribution in [0.5, 0.6) is 5.75 Å². The summed E-state index contributed by atoms with van der Waals surface area (Å²) in [6.07, 6.45) is 4.76. The largest absolute Gasteiger partial charge is 0.484 e. The average molecular weight is 447 g/mol. The van der Waals surface area contributed by atoms with E-state index in [1.807, 2.05) is 36.7 Å². The molecule has 1 saturated heterocycles. The van der Waals surface area contributed by atoms with Crippen molar-refractivity contribution in [1.29, 1.82) is 0 Å². The molecule has 0 radical (unpaired) electrons. The van der Waals surface area contributed by atoms with E-state index < -0.39 is 0 Å². The van der Waals surface area contributed by atoms with Gasteiger partial charge in [-0.1, -0.05) is 0 Å². The second-order valence-corrected chi connectivity index (χ2v) is 8.34. The molecule has 0 unspecified atom stereocenters. The molecule has 3 heterocycles. The minimum Gasteiger partial charge on any atom is -0.484 e. The summed E-state index contributed by atoms with van der Waals surface area (Å²) in [5.41, 5.74) is 12.0. The Balaban J connectivity index is 1.62. The van der Waals surface area contributed by atoms with Gasteiger partial charge in [0.15, 0.2) is 0 Å². The number of fused-ring (bicyclic) bond motifs is 2. The van der Waals surface area contributed by atoms with Crippen molar-refractivity contribution >= 4 is 55.7 Å². The molecule has 0 aliphatic carbocycles. The van der Waals surface area contributed by atoms with Crippen molar-refractivity contribution in [2.24, 2.45) is 10.7 Å². The number of anilines is 2. The van der Waals surface area contributed by atoms with Crippen molar-refractivity contribution in [2.75, 3.05) is 19.0 Å². The molecule has 3 N–H and O–H groups in total. The Hall–Kier alpha value is -3.56. The van der Waals surface area contributed by atoms with Crippen molar-refractivity contribution < 1.29 is 9.47 Å². The molecule has 2 atom stereocenters. The van der Waals surface area contributed by atoms with Crippen LogP contribution in [0.2, 0.25) is 0 Å². The van der Waals surface area contributed by atoms with Crippen LogP contribution in [-0.2, 0) is 4.74 Å². The molecule has 2 aromatic carbocycles. The smallest absolute Gasteiger partial charge is 0.148 e. The molecule has 0 bridgehead atoms. The number of allylic oxidation sites excluding steroid dienone is 1. The van der Waals surface area contributed by atoms with Crippen molar-refractivity contribution in [3.05, 3.63) is 53.9 Å². The number of benzene rings is 2. The molecule has 0 saturated carbocycles. The number of aliphatic imine (C=N–C) groups is 1. The lowest BCUT2D eigenvalue weighted by Crippen LogP contribution is -2.46. The fraction of sp³-hybridized carbons (Fsp3) is 0.217. The number of thiazole rings is 1. The highest BCUT2D eigenvalue weighted by atomic mass is 32.1. The van der Waals surface area contributed by atoms with Gasteiger partial charge in [0, 0.05) is 30.7 Å². The summed E-state index contributed by atoms with van der Waals surface area (Å²) in [5.74, 6) is 1.33. The van der Waals surface area contributed by atoms with Crippen LogP contribution in [0.15, 0.2) is 53.4 Å². The van der Waals surface area contributed by atoms with Crippen LogP contribution in [0.3, 0.4) is 0 Å². The standard InChI is InChI=1S/C23H22N6O2S/c1-13-20(10-30-13)31-19-6-14(15(8-24)9-25-2)5-18-22(19)23(27-11-26-18)29-16-3-4-17-21(7-16)32-12-28-17/h3-9,11-13,20H,10,24H2,1-2H3,(H,26,27,29)/t13-,20+/m0/s1. The molecule has 2 aromatic heterocycles. The van der Waals surface area contributed by atoms with Crippen LogP contribution in [0.1, 0.15) is 12.5 Å². The van der Waals surface area contributed by atoms with Gasteiger partial charge in [-0.05, 0) is 42.8 Å². The van der Waals surface area contributed by atoms with Gasteiger partial charge in [-0.25, -0.2) is 15.0 Å². The first-order valence-electron chi connectivity index (χ1n) is 10.2. The molecule has 9 heteroatoms. The van der Waals surface area contributed by atoms with E-state index in [0.717, 1.165) is 37.9 Å². The zero-order valence-electron chi connectivity index (χ0n) is 17.6. The molecule has 1 aliphatic rings. The zero-order valence-corrected chi connectivity index (χ0v) is 18.5. The van der Waals surface area contributed by atoms with Gasteiger partial charge in [0.05, 0.1) is 39.3 Å². The van der Waals surface area contributed by atoms with Crippen LogP contribution < -0.4 is 15.8 Å². The SMILES string of the molecule is CN=CC(=CN)c1cc(O[C@@H]2CO[C@H]2C)c2c(Nc3ccc4ncsc4c3)ncnc2c1. The van der Waals surface area contributed by atoms with E-state index in [1.54, 1.807) is 24.6 Å². The van der Waals surface area contributed by atoms with Crippen molar-refractivity contribution in [3.63, 3.8) is 0 Å². The van der Waals surface area contributed by atoms with Crippen molar-refractivity contribution in [3.8, 4) is 5.75 Å². The van der Waals surface area contributed by atoms with Gasteiger partial charge in [0.25, 0.3) is 0 Å². The van der Waals surface area contributed by atoms with Crippen LogP contribution in [0.25, 0.3) is 26.7 Å². The molecule has 32 heavy (non-hydrogen) atoms. The fourth-order valence-corrected chi connectivity index (χ4v) is 4.31. The second-order valence-electron chi connectivity index (χ2n) is 7.45. The van der Waals surface area contributed by atoms with Crippen LogP contribution in [-0.4, -0.2) is 47.0 Å². The highest BCUT2D eigenvalue weighted by Crippen LogP contribution is 2.36. The lowest BCUT2D eigenvalue weighted by Gasteiger charge is -2.34. The number of hydrogen-bond donors (Lipinski definition) is 2. The van der Waals surface area contributed by atoms with Crippen molar-refractivity contribution in [2.45, 2.75) is 19.1 Å². The molecule has 8 nitrogen and oxygen atoms in total. The average Bonchev–Trinajstić information content (AvgIpc) is 3.27.